The normalized spacial score (nSPS) is 10.6. The molecule has 0 aliphatic carbocycles. The molecule has 1 heterocycles. The van der Waals surface area contributed by atoms with Crippen LogP contribution in [0.1, 0.15) is 19.8 Å². The van der Waals surface area contributed by atoms with E-state index in [1.54, 1.807) is 0 Å². The van der Waals surface area contributed by atoms with Gasteiger partial charge in [-0.25, -0.2) is 0 Å². The Balaban J connectivity index is 2.10. The standard InChI is InChI=1S/C12H14OSe/c1-2-3-7-13-11-4-5-12-10(9-11)6-8-14-12/h4-6,8-9H,2-3,7H2,1H3. The quantitative estimate of drug-likeness (QED) is 0.601. The second-order valence-electron chi connectivity index (χ2n) is 3.32. The van der Waals surface area contributed by atoms with Crippen molar-refractivity contribution in [2.45, 2.75) is 19.8 Å². The molecule has 0 unspecified atom stereocenters. The molecule has 1 aromatic heterocycles. The zero-order chi connectivity index (χ0) is 9.80. The molecule has 0 amide bonds. The molecule has 0 spiro atoms. The van der Waals surface area contributed by atoms with Crippen LogP contribution in [0.3, 0.4) is 0 Å². The monoisotopic (exact) mass is 254 g/mol. The van der Waals surface area contributed by atoms with Gasteiger partial charge in [-0.05, 0) is 0 Å². The summed E-state index contributed by atoms with van der Waals surface area (Å²) in [5, 5.41) is 1.35. The Bertz CT molecular complexity index is 405. The first-order chi connectivity index (χ1) is 6.90. The zero-order valence-corrected chi connectivity index (χ0v) is 10.0. The molecule has 0 atom stereocenters. The molecule has 2 aromatic rings. The molecule has 14 heavy (non-hydrogen) atoms. The Morgan fingerprint density at radius 3 is 3.07 bits per heavy atom. The Morgan fingerprint density at radius 1 is 1.29 bits per heavy atom. The van der Waals surface area contributed by atoms with Gasteiger partial charge >= 0.3 is 90.2 Å². The van der Waals surface area contributed by atoms with Crippen LogP contribution in [0.15, 0.2) is 29.2 Å². The maximum atomic E-state index is 5.64. The minimum absolute atomic E-state index is 0.553. The van der Waals surface area contributed by atoms with Crippen LogP contribution >= 0.6 is 0 Å². The van der Waals surface area contributed by atoms with Crippen LogP contribution in [0.2, 0.25) is 0 Å². The molecule has 0 radical (unpaired) electrons. The van der Waals surface area contributed by atoms with Gasteiger partial charge in [-0.2, -0.15) is 0 Å². The van der Waals surface area contributed by atoms with E-state index in [1.165, 1.54) is 16.1 Å². The summed E-state index contributed by atoms with van der Waals surface area (Å²) >= 11 is 0.553. The topological polar surface area (TPSA) is 9.23 Å². The van der Waals surface area contributed by atoms with Crippen LogP contribution in [-0.4, -0.2) is 21.1 Å². The summed E-state index contributed by atoms with van der Waals surface area (Å²) in [7, 11) is 0. The van der Waals surface area contributed by atoms with Gasteiger partial charge < -0.3 is 0 Å². The van der Waals surface area contributed by atoms with E-state index in [-0.39, 0.29) is 0 Å². The predicted octanol–water partition coefficient (Wildman–Crippen LogP) is 3.08. The number of hydrogen-bond donors (Lipinski definition) is 0. The number of rotatable bonds is 4. The minimum atomic E-state index is 0.553. The molecular weight excluding hydrogens is 239 g/mol. The molecule has 0 fully saturated rings. The van der Waals surface area contributed by atoms with Gasteiger partial charge in [-0.3, -0.25) is 0 Å². The van der Waals surface area contributed by atoms with Crippen molar-refractivity contribution in [1.82, 2.24) is 0 Å². The van der Waals surface area contributed by atoms with E-state index in [4.69, 9.17) is 4.74 Å². The van der Waals surface area contributed by atoms with Crippen LogP contribution in [0, 0.1) is 0 Å². The Kier molecular flexibility index (Phi) is 3.28. The van der Waals surface area contributed by atoms with Crippen LogP contribution < -0.4 is 4.74 Å². The average Bonchev–Trinajstić information content (AvgIpc) is 2.65. The van der Waals surface area contributed by atoms with E-state index >= 15 is 0 Å². The van der Waals surface area contributed by atoms with Gasteiger partial charge in [0.2, 0.25) is 0 Å². The third kappa shape index (κ3) is 2.20. The van der Waals surface area contributed by atoms with E-state index in [9.17, 15) is 0 Å². The molecule has 2 heteroatoms. The van der Waals surface area contributed by atoms with E-state index in [2.05, 4.69) is 36.1 Å². The molecule has 0 aliphatic rings. The van der Waals surface area contributed by atoms with Crippen LogP contribution in [0.5, 0.6) is 5.75 Å². The number of hydrogen-bond acceptors (Lipinski definition) is 1. The predicted molar refractivity (Wildman–Crippen MR) is 61.3 cm³/mol. The molecule has 1 nitrogen and oxygen atoms in total. The first kappa shape index (κ1) is 9.82. The summed E-state index contributed by atoms with van der Waals surface area (Å²) in [5.74, 6) is 1.01. The second-order valence-corrected chi connectivity index (χ2v) is 5.31. The first-order valence-corrected chi connectivity index (χ1v) is 6.85. The molecule has 74 valence electrons. The number of fused-ring (bicyclic) bond motifs is 1. The maximum absolute atomic E-state index is 5.64. The summed E-state index contributed by atoms with van der Waals surface area (Å²) in [5.41, 5.74) is 0. The molecule has 0 bridgehead atoms. The number of unbranched alkanes of at least 4 members (excludes halogenated alkanes) is 1. The van der Waals surface area contributed by atoms with Gasteiger partial charge in [0.25, 0.3) is 0 Å². The molecule has 0 N–H and O–H groups in total. The molecule has 0 saturated heterocycles. The van der Waals surface area contributed by atoms with Gasteiger partial charge in [0.15, 0.2) is 0 Å². The molecular formula is C12H14OSe. The van der Waals surface area contributed by atoms with Crippen molar-refractivity contribution < 1.29 is 4.74 Å². The van der Waals surface area contributed by atoms with Crippen molar-refractivity contribution in [3.63, 3.8) is 0 Å². The van der Waals surface area contributed by atoms with Gasteiger partial charge in [-0.1, -0.05) is 0 Å². The van der Waals surface area contributed by atoms with Gasteiger partial charge in [0.1, 0.15) is 0 Å². The van der Waals surface area contributed by atoms with Crippen molar-refractivity contribution in [1.29, 1.82) is 0 Å². The van der Waals surface area contributed by atoms with Crippen molar-refractivity contribution in [2.75, 3.05) is 6.61 Å². The fraction of sp³-hybridized carbons (Fsp3) is 0.333. The molecule has 1 aromatic carbocycles. The van der Waals surface area contributed by atoms with E-state index < -0.39 is 0 Å². The second kappa shape index (κ2) is 4.68. The Hall–Kier alpha value is -0.721. The van der Waals surface area contributed by atoms with Crippen molar-refractivity contribution in [3.05, 3.63) is 29.2 Å². The molecule has 0 aliphatic heterocycles. The number of ether oxygens (including phenoxy) is 1. The van der Waals surface area contributed by atoms with Crippen LogP contribution in [0.4, 0.5) is 0 Å². The van der Waals surface area contributed by atoms with Crippen LogP contribution in [-0.2, 0) is 0 Å². The Labute approximate surface area is 90.4 Å². The third-order valence-electron chi connectivity index (χ3n) is 2.19. The van der Waals surface area contributed by atoms with Gasteiger partial charge in [0.05, 0.1) is 0 Å². The van der Waals surface area contributed by atoms with E-state index in [1.807, 2.05) is 0 Å². The van der Waals surface area contributed by atoms with Gasteiger partial charge in [0, 0.05) is 0 Å². The van der Waals surface area contributed by atoms with E-state index in [0.717, 1.165) is 18.8 Å². The van der Waals surface area contributed by atoms with Crippen LogP contribution in [0.25, 0.3) is 9.65 Å². The average molecular weight is 253 g/mol. The SMILES string of the molecule is CCCCOc1ccc2[se]ccc2c1. The van der Waals surface area contributed by atoms with Crippen molar-refractivity contribution in [2.24, 2.45) is 0 Å². The first-order valence-electron chi connectivity index (χ1n) is 5.00. The Morgan fingerprint density at radius 2 is 2.21 bits per heavy atom. The van der Waals surface area contributed by atoms with E-state index in [0.29, 0.717) is 14.5 Å². The zero-order valence-electron chi connectivity index (χ0n) is 8.32. The van der Waals surface area contributed by atoms with Crippen molar-refractivity contribution in [3.8, 4) is 5.75 Å². The fourth-order valence-electron chi connectivity index (χ4n) is 1.37. The summed E-state index contributed by atoms with van der Waals surface area (Å²) in [4.78, 5) is 2.26. The molecule has 0 saturated carbocycles. The number of benzene rings is 1. The summed E-state index contributed by atoms with van der Waals surface area (Å²) in [6.45, 7) is 3.02. The fourth-order valence-corrected chi connectivity index (χ4v) is 2.99. The third-order valence-corrected chi connectivity index (χ3v) is 4.07. The summed E-state index contributed by atoms with van der Waals surface area (Å²) < 4.78 is 7.12. The van der Waals surface area contributed by atoms with Gasteiger partial charge in [-0.15, -0.1) is 0 Å². The van der Waals surface area contributed by atoms with Crippen molar-refractivity contribution >= 4 is 24.1 Å². The summed E-state index contributed by atoms with van der Waals surface area (Å²) in [6.07, 6.45) is 2.32. The molecule has 2 rings (SSSR count). The summed E-state index contributed by atoms with van der Waals surface area (Å²) in [6, 6.07) is 8.62.